The van der Waals surface area contributed by atoms with Gasteiger partial charge in [-0.3, -0.25) is 0 Å². The second-order valence-corrected chi connectivity index (χ2v) is 5.09. The van der Waals surface area contributed by atoms with Crippen LogP contribution in [0, 0.1) is 0 Å². The van der Waals surface area contributed by atoms with Crippen molar-refractivity contribution in [1.29, 1.82) is 0 Å². The lowest BCUT2D eigenvalue weighted by Crippen LogP contribution is -2.42. The molecular formula is C13H21N3O2S. The van der Waals surface area contributed by atoms with Gasteiger partial charge in [0.15, 0.2) is 0 Å². The van der Waals surface area contributed by atoms with E-state index < -0.39 is 0 Å². The number of carbonyl (C=O) groups excluding carboxylic acids is 1. The summed E-state index contributed by atoms with van der Waals surface area (Å²) >= 11 is 1.60. The first-order valence-corrected chi connectivity index (χ1v) is 7.21. The molecule has 19 heavy (non-hydrogen) atoms. The van der Waals surface area contributed by atoms with E-state index in [4.69, 9.17) is 5.11 Å². The highest BCUT2D eigenvalue weighted by atomic mass is 32.1. The second-order valence-electron chi connectivity index (χ2n) is 4.15. The standard InChI is InChI=1S/C13H21N3O2S/c1-4-6-16(7-8-17)13(18)14-10(3)11-9-19-12(5-2)15-11/h4,9-10,17H,1,5-8H2,2-3H3,(H,14,18). The number of aryl methyl sites for hydroxylation is 1. The van der Waals surface area contributed by atoms with Crippen molar-refractivity contribution in [3.63, 3.8) is 0 Å². The van der Waals surface area contributed by atoms with Crippen molar-refractivity contribution in [2.24, 2.45) is 0 Å². The molecule has 0 saturated carbocycles. The predicted octanol–water partition coefficient (Wildman–Crippen LogP) is 1.96. The fourth-order valence-electron chi connectivity index (χ4n) is 1.59. The molecule has 0 fully saturated rings. The first-order chi connectivity index (χ1) is 9.12. The lowest BCUT2D eigenvalue weighted by molar-refractivity contribution is 0.181. The Bertz CT molecular complexity index is 420. The van der Waals surface area contributed by atoms with Crippen molar-refractivity contribution < 1.29 is 9.90 Å². The van der Waals surface area contributed by atoms with Gasteiger partial charge in [-0.05, 0) is 13.3 Å². The number of thiazole rings is 1. The summed E-state index contributed by atoms with van der Waals surface area (Å²) in [7, 11) is 0. The van der Waals surface area contributed by atoms with Gasteiger partial charge in [-0.15, -0.1) is 17.9 Å². The topological polar surface area (TPSA) is 65.5 Å². The molecule has 0 aliphatic rings. The Hall–Kier alpha value is -1.40. The zero-order valence-corrected chi connectivity index (χ0v) is 12.2. The van der Waals surface area contributed by atoms with Gasteiger partial charge < -0.3 is 15.3 Å². The number of amides is 2. The molecule has 0 bridgehead atoms. The normalized spacial score (nSPS) is 11.9. The van der Waals surface area contributed by atoms with E-state index in [1.54, 1.807) is 17.4 Å². The molecule has 1 atom stereocenters. The molecule has 1 unspecified atom stereocenters. The van der Waals surface area contributed by atoms with Crippen LogP contribution in [0.4, 0.5) is 4.79 Å². The van der Waals surface area contributed by atoms with Crippen molar-refractivity contribution in [3.05, 3.63) is 28.7 Å². The van der Waals surface area contributed by atoms with Gasteiger partial charge in [0, 0.05) is 18.5 Å². The third-order valence-electron chi connectivity index (χ3n) is 2.66. The van der Waals surface area contributed by atoms with Crippen LogP contribution in [-0.4, -0.2) is 40.7 Å². The van der Waals surface area contributed by atoms with Crippen LogP contribution in [0.15, 0.2) is 18.0 Å². The molecule has 0 radical (unpaired) electrons. The molecule has 0 aromatic carbocycles. The minimum Gasteiger partial charge on any atom is -0.395 e. The van der Waals surface area contributed by atoms with Gasteiger partial charge in [0.1, 0.15) is 0 Å². The highest BCUT2D eigenvalue weighted by Gasteiger charge is 2.16. The number of nitrogens with zero attached hydrogens (tertiary/aromatic N) is 2. The zero-order chi connectivity index (χ0) is 14.3. The molecule has 0 spiro atoms. The van der Waals surface area contributed by atoms with E-state index in [0.717, 1.165) is 17.1 Å². The quantitative estimate of drug-likeness (QED) is 0.752. The number of aliphatic hydroxyl groups excluding tert-OH is 1. The number of urea groups is 1. The van der Waals surface area contributed by atoms with Crippen LogP contribution in [0.2, 0.25) is 0 Å². The first-order valence-electron chi connectivity index (χ1n) is 6.33. The Morgan fingerprint density at radius 2 is 2.47 bits per heavy atom. The molecule has 2 N–H and O–H groups in total. The summed E-state index contributed by atoms with van der Waals surface area (Å²) in [5.74, 6) is 0. The van der Waals surface area contributed by atoms with Crippen LogP contribution in [-0.2, 0) is 6.42 Å². The van der Waals surface area contributed by atoms with Crippen molar-refractivity contribution in [1.82, 2.24) is 15.2 Å². The summed E-state index contributed by atoms with van der Waals surface area (Å²) < 4.78 is 0. The summed E-state index contributed by atoms with van der Waals surface area (Å²) in [5.41, 5.74) is 0.873. The van der Waals surface area contributed by atoms with Crippen molar-refractivity contribution in [2.45, 2.75) is 26.3 Å². The Morgan fingerprint density at radius 1 is 1.74 bits per heavy atom. The lowest BCUT2D eigenvalue weighted by atomic mass is 10.2. The largest absolute Gasteiger partial charge is 0.395 e. The van der Waals surface area contributed by atoms with Gasteiger partial charge in [-0.1, -0.05) is 13.0 Å². The van der Waals surface area contributed by atoms with Crippen LogP contribution in [0.1, 0.15) is 30.6 Å². The van der Waals surface area contributed by atoms with Crippen molar-refractivity contribution >= 4 is 17.4 Å². The van der Waals surface area contributed by atoms with Crippen molar-refractivity contribution in [3.8, 4) is 0 Å². The Kier molecular flexibility index (Phi) is 6.52. The number of aromatic nitrogens is 1. The first kappa shape index (κ1) is 15.7. The molecule has 1 aromatic heterocycles. The minimum atomic E-state index is -0.215. The molecule has 1 rings (SSSR count). The van der Waals surface area contributed by atoms with Gasteiger partial charge in [0.2, 0.25) is 0 Å². The molecule has 1 heterocycles. The summed E-state index contributed by atoms with van der Waals surface area (Å²) in [6, 6.07) is -0.359. The van der Waals surface area contributed by atoms with Gasteiger partial charge in [-0.25, -0.2) is 9.78 Å². The molecule has 0 saturated heterocycles. The van der Waals surface area contributed by atoms with Crippen molar-refractivity contribution in [2.75, 3.05) is 19.7 Å². The maximum Gasteiger partial charge on any atom is 0.318 e. The van der Waals surface area contributed by atoms with Gasteiger partial charge in [0.05, 0.1) is 23.4 Å². The Morgan fingerprint density at radius 3 is 3.00 bits per heavy atom. The predicted molar refractivity (Wildman–Crippen MR) is 77.3 cm³/mol. The molecule has 0 aliphatic carbocycles. The SMILES string of the molecule is C=CCN(CCO)C(=O)NC(C)c1csc(CC)n1. The highest BCUT2D eigenvalue weighted by molar-refractivity contribution is 7.09. The fourth-order valence-corrected chi connectivity index (χ4v) is 2.43. The number of carbonyl (C=O) groups is 1. The van der Waals surface area contributed by atoms with Gasteiger partial charge >= 0.3 is 6.03 Å². The summed E-state index contributed by atoms with van der Waals surface area (Å²) in [6.07, 6.45) is 2.54. The molecule has 6 heteroatoms. The number of hydrogen-bond acceptors (Lipinski definition) is 4. The van der Waals surface area contributed by atoms with Gasteiger partial charge in [-0.2, -0.15) is 0 Å². The van der Waals surface area contributed by atoms with E-state index in [1.165, 1.54) is 4.90 Å². The van der Waals surface area contributed by atoms with E-state index in [0.29, 0.717) is 13.1 Å². The monoisotopic (exact) mass is 283 g/mol. The summed E-state index contributed by atoms with van der Waals surface area (Å²) in [5, 5.41) is 14.8. The third kappa shape index (κ3) is 4.65. The Balaban J connectivity index is 2.60. The molecule has 0 aliphatic heterocycles. The highest BCUT2D eigenvalue weighted by Crippen LogP contribution is 2.17. The van der Waals surface area contributed by atoms with E-state index in [9.17, 15) is 4.79 Å². The van der Waals surface area contributed by atoms with E-state index in [1.807, 2.05) is 12.3 Å². The van der Waals surface area contributed by atoms with Crippen LogP contribution in [0.25, 0.3) is 0 Å². The van der Waals surface area contributed by atoms with Crippen LogP contribution in [0.3, 0.4) is 0 Å². The molecule has 106 valence electrons. The fraction of sp³-hybridized carbons (Fsp3) is 0.538. The number of hydrogen-bond donors (Lipinski definition) is 2. The van der Waals surface area contributed by atoms with E-state index in [-0.39, 0.29) is 18.7 Å². The number of rotatable bonds is 7. The summed E-state index contributed by atoms with van der Waals surface area (Å²) in [6.45, 7) is 8.20. The minimum absolute atomic E-state index is 0.0632. The second kappa shape index (κ2) is 7.91. The molecule has 5 nitrogen and oxygen atoms in total. The summed E-state index contributed by atoms with van der Waals surface area (Å²) in [4.78, 5) is 18.0. The smallest absolute Gasteiger partial charge is 0.318 e. The maximum absolute atomic E-state index is 12.0. The number of aliphatic hydroxyl groups is 1. The van der Waals surface area contributed by atoms with E-state index >= 15 is 0 Å². The Labute approximate surface area is 118 Å². The molecule has 2 amide bonds. The molecular weight excluding hydrogens is 262 g/mol. The van der Waals surface area contributed by atoms with Crippen LogP contribution < -0.4 is 5.32 Å². The van der Waals surface area contributed by atoms with Crippen LogP contribution in [0.5, 0.6) is 0 Å². The zero-order valence-electron chi connectivity index (χ0n) is 11.4. The van der Waals surface area contributed by atoms with E-state index in [2.05, 4.69) is 23.8 Å². The lowest BCUT2D eigenvalue weighted by Gasteiger charge is -2.22. The average molecular weight is 283 g/mol. The molecule has 1 aromatic rings. The third-order valence-corrected chi connectivity index (χ3v) is 3.67. The average Bonchev–Trinajstić information content (AvgIpc) is 2.87. The maximum atomic E-state index is 12.0. The van der Waals surface area contributed by atoms with Crippen LogP contribution >= 0.6 is 11.3 Å². The number of nitrogens with one attached hydrogen (secondary N) is 1. The van der Waals surface area contributed by atoms with Gasteiger partial charge in [0.25, 0.3) is 0 Å².